The van der Waals surface area contributed by atoms with Gasteiger partial charge in [0.25, 0.3) is 0 Å². The average Bonchev–Trinajstić information content (AvgIpc) is 2.96. The fraction of sp³-hybridized carbons (Fsp3) is 0.545. The Kier molecular flexibility index (Phi) is 5.11. The Morgan fingerprint density at radius 2 is 2.45 bits per heavy atom. The zero-order chi connectivity index (χ0) is 14.6. The third kappa shape index (κ3) is 3.55. The van der Waals surface area contributed by atoms with Gasteiger partial charge in [0.05, 0.1) is 20.3 Å². The van der Waals surface area contributed by atoms with Crippen molar-refractivity contribution in [3.8, 4) is 0 Å². The molecule has 1 aliphatic heterocycles. The van der Waals surface area contributed by atoms with Crippen molar-refractivity contribution < 1.29 is 22.7 Å². The summed E-state index contributed by atoms with van der Waals surface area (Å²) >= 11 is 1.04. The zero-order valence-electron chi connectivity index (χ0n) is 10.9. The highest BCUT2D eigenvalue weighted by Gasteiger charge is 2.25. The molecule has 2 heterocycles. The Balaban J connectivity index is 2.06. The molecule has 2 rings (SSSR count). The van der Waals surface area contributed by atoms with Gasteiger partial charge in [-0.25, -0.2) is 17.9 Å². The van der Waals surface area contributed by atoms with E-state index in [9.17, 15) is 13.2 Å². The Bertz CT molecular complexity index is 563. The molecule has 2 N–H and O–H groups in total. The van der Waals surface area contributed by atoms with Crippen molar-refractivity contribution in [2.45, 2.75) is 10.9 Å². The Morgan fingerprint density at radius 3 is 3.10 bits per heavy atom. The molecule has 9 heteroatoms. The van der Waals surface area contributed by atoms with Gasteiger partial charge in [-0.05, 0) is 11.4 Å². The molecule has 0 saturated carbocycles. The molecule has 7 nitrogen and oxygen atoms in total. The monoisotopic (exact) mass is 320 g/mol. The van der Waals surface area contributed by atoms with Gasteiger partial charge in [-0.1, -0.05) is 0 Å². The van der Waals surface area contributed by atoms with Crippen molar-refractivity contribution in [3.63, 3.8) is 0 Å². The van der Waals surface area contributed by atoms with Crippen LogP contribution in [-0.2, 0) is 19.5 Å². The molecule has 0 aromatic carbocycles. The number of sulfonamides is 1. The van der Waals surface area contributed by atoms with Crippen LogP contribution in [0.25, 0.3) is 0 Å². The van der Waals surface area contributed by atoms with Crippen LogP contribution >= 0.6 is 11.3 Å². The zero-order valence-corrected chi connectivity index (χ0v) is 12.6. The van der Waals surface area contributed by atoms with E-state index in [1.165, 1.54) is 13.2 Å². The molecule has 0 spiro atoms. The Hall–Kier alpha value is -1.00. The van der Waals surface area contributed by atoms with E-state index >= 15 is 0 Å². The van der Waals surface area contributed by atoms with Crippen molar-refractivity contribution in [3.05, 3.63) is 16.3 Å². The van der Waals surface area contributed by atoms with Crippen LogP contribution in [0.1, 0.15) is 9.67 Å². The van der Waals surface area contributed by atoms with E-state index in [4.69, 9.17) is 4.74 Å². The summed E-state index contributed by atoms with van der Waals surface area (Å²) in [5, 5.41) is 4.69. The average molecular weight is 320 g/mol. The molecule has 20 heavy (non-hydrogen) atoms. The largest absolute Gasteiger partial charge is 0.465 e. The van der Waals surface area contributed by atoms with E-state index in [0.29, 0.717) is 19.8 Å². The van der Waals surface area contributed by atoms with E-state index in [2.05, 4.69) is 14.8 Å². The number of hydrogen-bond donors (Lipinski definition) is 2. The number of carbonyl (C=O) groups excluding carboxylic acids is 1. The summed E-state index contributed by atoms with van der Waals surface area (Å²) in [4.78, 5) is 11.5. The van der Waals surface area contributed by atoms with Gasteiger partial charge in [0.1, 0.15) is 9.77 Å². The summed E-state index contributed by atoms with van der Waals surface area (Å²) in [5.41, 5.74) is 0. The van der Waals surface area contributed by atoms with Crippen LogP contribution in [0, 0.1) is 0 Å². The summed E-state index contributed by atoms with van der Waals surface area (Å²) in [6.45, 7) is 1.98. The number of ether oxygens (including phenoxy) is 2. The summed E-state index contributed by atoms with van der Waals surface area (Å²) < 4.78 is 36.7. The maximum absolute atomic E-state index is 12.2. The molecule has 1 unspecified atom stereocenters. The lowest BCUT2D eigenvalue weighted by atomic mass is 10.3. The number of nitrogens with one attached hydrogen (secondary N) is 2. The highest BCUT2D eigenvalue weighted by Crippen LogP contribution is 2.22. The lowest BCUT2D eigenvalue weighted by Crippen LogP contribution is -2.48. The van der Waals surface area contributed by atoms with Crippen LogP contribution < -0.4 is 10.0 Å². The van der Waals surface area contributed by atoms with E-state index in [1.807, 2.05) is 0 Å². The van der Waals surface area contributed by atoms with E-state index in [1.54, 1.807) is 5.38 Å². The molecular weight excluding hydrogens is 304 g/mol. The first-order valence-corrected chi connectivity index (χ1v) is 8.37. The Morgan fingerprint density at radius 1 is 1.65 bits per heavy atom. The minimum absolute atomic E-state index is 0.0499. The Labute approximate surface area is 121 Å². The van der Waals surface area contributed by atoms with Crippen molar-refractivity contribution in [2.75, 3.05) is 33.4 Å². The minimum Gasteiger partial charge on any atom is -0.465 e. The van der Waals surface area contributed by atoms with Gasteiger partial charge in [0.2, 0.25) is 10.0 Å². The first-order valence-electron chi connectivity index (χ1n) is 6.01. The highest BCUT2D eigenvalue weighted by atomic mass is 32.2. The van der Waals surface area contributed by atoms with Gasteiger partial charge >= 0.3 is 5.97 Å². The van der Waals surface area contributed by atoms with Crippen LogP contribution in [0.2, 0.25) is 0 Å². The predicted molar refractivity (Wildman–Crippen MR) is 73.5 cm³/mol. The van der Waals surface area contributed by atoms with Crippen molar-refractivity contribution in [1.29, 1.82) is 0 Å². The number of methoxy groups -OCH3 is 1. The van der Waals surface area contributed by atoms with Crippen molar-refractivity contribution in [1.82, 2.24) is 10.0 Å². The van der Waals surface area contributed by atoms with Crippen LogP contribution in [0.3, 0.4) is 0 Å². The smallest absolute Gasteiger partial charge is 0.349 e. The summed E-state index contributed by atoms with van der Waals surface area (Å²) in [6, 6.07) is 1.32. The standard InChI is InChI=1S/C11H16N2O5S2/c1-17-11(14)10-9(2-5-19-10)20(15,16)13-6-8-7-18-4-3-12-8/h2,5,8,12-13H,3-4,6-7H2,1H3. The van der Waals surface area contributed by atoms with Gasteiger partial charge in [-0.3, -0.25) is 0 Å². The minimum atomic E-state index is -3.74. The number of morpholine rings is 1. The van der Waals surface area contributed by atoms with Crippen molar-refractivity contribution in [2.24, 2.45) is 0 Å². The van der Waals surface area contributed by atoms with Crippen molar-refractivity contribution >= 4 is 27.3 Å². The maximum Gasteiger partial charge on any atom is 0.349 e. The van der Waals surface area contributed by atoms with Gasteiger partial charge in [0.15, 0.2) is 0 Å². The molecule has 1 aromatic rings. The molecular formula is C11H16N2O5S2. The number of rotatable bonds is 5. The van der Waals surface area contributed by atoms with E-state index in [0.717, 1.165) is 11.3 Å². The normalized spacial score (nSPS) is 19.8. The lowest BCUT2D eigenvalue weighted by Gasteiger charge is -2.23. The summed E-state index contributed by atoms with van der Waals surface area (Å²) in [6.07, 6.45) is 0. The summed E-state index contributed by atoms with van der Waals surface area (Å²) in [5.74, 6) is -0.653. The first kappa shape index (κ1) is 15.4. The quantitative estimate of drug-likeness (QED) is 0.730. The third-order valence-electron chi connectivity index (χ3n) is 2.81. The number of thiophene rings is 1. The molecule has 0 amide bonds. The molecule has 0 radical (unpaired) electrons. The van der Waals surface area contributed by atoms with Crippen LogP contribution in [-0.4, -0.2) is 53.8 Å². The van der Waals surface area contributed by atoms with E-state index in [-0.39, 0.29) is 22.4 Å². The molecule has 1 atom stereocenters. The van der Waals surface area contributed by atoms with Gasteiger partial charge in [-0.2, -0.15) is 0 Å². The molecule has 1 aromatic heterocycles. The van der Waals surface area contributed by atoms with Crippen LogP contribution in [0.15, 0.2) is 16.3 Å². The molecule has 0 aliphatic carbocycles. The summed E-state index contributed by atoms with van der Waals surface area (Å²) in [7, 11) is -2.52. The third-order valence-corrected chi connectivity index (χ3v) is 5.30. The lowest BCUT2D eigenvalue weighted by molar-refractivity contribution is 0.0602. The first-order chi connectivity index (χ1) is 9.54. The molecule has 112 valence electrons. The second kappa shape index (κ2) is 6.64. The van der Waals surface area contributed by atoms with Gasteiger partial charge in [-0.15, -0.1) is 11.3 Å². The molecule has 1 saturated heterocycles. The maximum atomic E-state index is 12.2. The van der Waals surface area contributed by atoms with Gasteiger partial charge in [0, 0.05) is 19.1 Å². The van der Waals surface area contributed by atoms with Crippen LogP contribution in [0.4, 0.5) is 0 Å². The predicted octanol–water partition coefficient (Wildman–Crippen LogP) is -0.199. The fourth-order valence-corrected chi connectivity index (χ4v) is 4.20. The molecule has 1 aliphatic rings. The molecule has 0 bridgehead atoms. The second-order valence-corrected chi connectivity index (χ2v) is 6.83. The number of hydrogen-bond acceptors (Lipinski definition) is 7. The topological polar surface area (TPSA) is 93.7 Å². The number of esters is 1. The van der Waals surface area contributed by atoms with Gasteiger partial charge < -0.3 is 14.8 Å². The number of carbonyl (C=O) groups is 1. The fourth-order valence-electron chi connectivity index (χ4n) is 1.79. The SMILES string of the molecule is COC(=O)c1sccc1S(=O)(=O)NCC1COCCN1. The second-order valence-electron chi connectivity index (χ2n) is 4.18. The molecule has 1 fully saturated rings. The van der Waals surface area contributed by atoms with E-state index < -0.39 is 16.0 Å². The van der Waals surface area contributed by atoms with Crippen LogP contribution in [0.5, 0.6) is 0 Å². The highest BCUT2D eigenvalue weighted by molar-refractivity contribution is 7.89.